The molecule has 1 unspecified atom stereocenters. The summed E-state index contributed by atoms with van der Waals surface area (Å²) in [7, 11) is 0. The molecular formula is C6H6Cl3NO2. The van der Waals surface area contributed by atoms with E-state index >= 15 is 0 Å². The first-order valence-electron chi connectivity index (χ1n) is 3.29. The van der Waals surface area contributed by atoms with Crippen LogP contribution in [0.25, 0.3) is 0 Å². The van der Waals surface area contributed by atoms with Crippen LogP contribution < -0.4 is 5.32 Å². The summed E-state index contributed by atoms with van der Waals surface area (Å²) in [6.45, 7) is 0. The third kappa shape index (κ3) is 2.81. The number of halogens is 3. The van der Waals surface area contributed by atoms with Gasteiger partial charge in [0, 0.05) is 12.8 Å². The highest BCUT2D eigenvalue weighted by Crippen LogP contribution is 2.35. The SMILES string of the molecule is O=C1CC(CC(Cl)(Cl)Cl)C(=O)N1. The number of hydrogen-bond acceptors (Lipinski definition) is 2. The lowest BCUT2D eigenvalue weighted by molar-refractivity contribution is -0.125. The van der Waals surface area contributed by atoms with Crippen molar-refractivity contribution in [2.24, 2.45) is 5.92 Å². The number of imide groups is 1. The number of nitrogens with one attached hydrogen (secondary N) is 1. The lowest BCUT2D eigenvalue weighted by atomic mass is 10.1. The molecular weight excluding hydrogens is 224 g/mol. The molecule has 1 fully saturated rings. The topological polar surface area (TPSA) is 46.2 Å². The maximum atomic E-state index is 11.0. The molecule has 0 radical (unpaired) electrons. The smallest absolute Gasteiger partial charge is 0.230 e. The average molecular weight is 230 g/mol. The van der Waals surface area contributed by atoms with Gasteiger partial charge in [0.05, 0.1) is 5.92 Å². The Labute approximate surface area is 84.3 Å². The van der Waals surface area contributed by atoms with Crippen LogP contribution in [0.15, 0.2) is 0 Å². The van der Waals surface area contributed by atoms with Crippen LogP contribution in [0, 0.1) is 5.92 Å². The van der Waals surface area contributed by atoms with Gasteiger partial charge in [-0.15, -0.1) is 0 Å². The molecule has 3 nitrogen and oxygen atoms in total. The predicted molar refractivity (Wildman–Crippen MR) is 46.2 cm³/mol. The first-order chi connectivity index (χ1) is 5.38. The fraction of sp³-hybridized carbons (Fsp3) is 0.667. The highest BCUT2D eigenvalue weighted by Gasteiger charge is 2.36. The Hall–Kier alpha value is 0.01000. The lowest BCUT2D eigenvalue weighted by Gasteiger charge is -2.12. The molecule has 1 N–H and O–H groups in total. The van der Waals surface area contributed by atoms with E-state index in [-0.39, 0.29) is 24.7 Å². The largest absolute Gasteiger partial charge is 0.296 e. The number of hydrogen-bond donors (Lipinski definition) is 1. The van der Waals surface area contributed by atoms with Gasteiger partial charge in [0.25, 0.3) is 0 Å². The fourth-order valence-electron chi connectivity index (χ4n) is 1.05. The minimum Gasteiger partial charge on any atom is -0.296 e. The van der Waals surface area contributed by atoms with E-state index in [2.05, 4.69) is 5.32 Å². The fourth-order valence-corrected chi connectivity index (χ4v) is 1.61. The first kappa shape index (κ1) is 10.1. The second-order valence-electron chi connectivity index (χ2n) is 2.63. The average Bonchev–Trinajstić information content (AvgIpc) is 2.06. The zero-order valence-corrected chi connectivity index (χ0v) is 8.21. The minimum absolute atomic E-state index is 0.0786. The molecule has 0 aromatic rings. The quantitative estimate of drug-likeness (QED) is 0.547. The second kappa shape index (κ2) is 3.40. The monoisotopic (exact) mass is 229 g/mol. The normalized spacial score (nSPS) is 24.4. The van der Waals surface area contributed by atoms with Crippen LogP contribution in [0.2, 0.25) is 0 Å². The summed E-state index contributed by atoms with van der Waals surface area (Å²) in [5, 5.41) is 2.14. The van der Waals surface area contributed by atoms with E-state index in [0.29, 0.717) is 0 Å². The van der Waals surface area contributed by atoms with Gasteiger partial charge in [0.1, 0.15) is 0 Å². The Bertz CT molecular complexity index is 223. The maximum absolute atomic E-state index is 11.0. The summed E-state index contributed by atoms with van der Waals surface area (Å²) in [6, 6.07) is 0. The number of alkyl halides is 3. The molecule has 1 aliphatic heterocycles. The lowest BCUT2D eigenvalue weighted by Crippen LogP contribution is -2.24. The molecule has 2 amide bonds. The molecule has 0 saturated carbocycles. The van der Waals surface area contributed by atoms with Crippen molar-refractivity contribution in [1.82, 2.24) is 5.32 Å². The molecule has 0 aromatic heterocycles. The molecule has 12 heavy (non-hydrogen) atoms. The van der Waals surface area contributed by atoms with Crippen molar-refractivity contribution >= 4 is 46.6 Å². The van der Waals surface area contributed by atoms with Crippen molar-refractivity contribution in [3.05, 3.63) is 0 Å². The van der Waals surface area contributed by atoms with Gasteiger partial charge in [0.15, 0.2) is 3.79 Å². The van der Waals surface area contributed by atoms with Gasteiger partial charge >= 0.3 is 0 Å². The Balaban J connectivity index is 2.54. The van der Waals surface area contributed by atoms with E-state index in [0.717, 1.165) is 0 Å². The summed E-state index contributed by atoms with van der Waals surface area (Å²) in [6.07, 6.45) is 0.196. The molecule has 1 aliphatic rings. The summed E-state index contributed by atoms with van der Waals surface area (Å²) >= 11 is 16.4. The van der Waals surface area contributed by atoms with Gasteiger partial charge in [-0.1, -0.05) is 34.8 Å². The second-order valence-corrected chi connectivity index (χ2v) is 5.15. The van der Waals surface area contributed by atoms with Crippen molar-refractivity contribution in [2.45, 2.75) is 16.6 Å². The molecule has 1 saturated heterocycles. The third-order valence-corrected chi connectivity index (χ3v) is 2.01. The van der Waals surface area contributed by atoms with Crippen molar-refractivity contribution in [3.8, 4) is 0 Å². The van der Waals surface area contributed by atoms with Crippen molar-refractivity contribution in [2.75, 3.05) is 0 Å². The van der Waals surface area contributed by atoms with E-state index < -0.39 is 9.71 Å². The Morgan fingerprint density at radius 3 is 2.33 bits per heavy atom. The molecule has 0 bridgehead atoms. The van der Waals surface area contributed by atoms with Crippen LogP contribution in [0.4, 0.5) is 0 Å². The molecule has 0 spiro atoms. The molecule has 1 rings (SSSR count). The van der Waals surface area contributed by atoms with Crippen LogP contribution in [0.5, 0.6) is 0 Å². The van der Waals surface area contributed by atoms with E-state index in [9.17, 15) is 9.59 Å². The first-order valence-corrected chi connectivity index (χ1v) is 4.42. The van der Waals surface area contributed by atoms with Crippen LogP contribution in [-0.2, 0) is 9.59 Å². The standard InChI is InChI=1S/C6H6Cl3NO2/c7-6(8,9)2-3-1-4(11)10-5(3)12/h3H,1-2H2,(H,10,11,12). The van der Waals surface area contributed by atoms with Gasteiger partial charge in [-0.3, -0.25) is 14.9 Å². The van der Waals surface area contributed by atoms with Crippen LogP contribution >= 0.6 is 34.8 Å². The zero-order chi connectivity index (χ0) is 9.35. The number of carbonyl (C=O) groups excluding carboxylic acids is 2. The summed E-state index contributed by atoms with van der Waals surface area (Å²) in [5.41, 5.74) is 0. The summed E-state index contributed by atoms with van der Waals surface area (Å²) in [5.74, 6) is -1.16. The van der Waals surface area contributed by atoms with Crippen LogP contribution in [-0.4, -0.2) is 15.6 Å². The van der Waals surface area contributed by atoms with E-state index in [1.165, 1.54) is 0 Å². The van der Waals surface area contributed by atoms with Gasteiger partial charge in [-0.2, -0.15) is 0 Å². The minimum atomic E-state index is -1.47. The van der Waals surface area contributed by atoms with Crippen LogP contribution in [0.1, 0.15) is 12.8 Å². The number of amides is 2. The van der Waals surface area contributed by atoms with Gasteiger partial charge in [-0.05, 0) is 0 Å². The molecule has 6 heteroatoms. The van der Waals surface area contributed by atoms with Crippen molar-refractivity contribution in [3.63, 3.8) is 0 Å². The summed E-state index contributed by atoms with van der Waals surface area (Å²) in [4.78, 5) is 21.6. The third-order valence-electron chi connectivity index (χ3n) is 1.54. The Morgan fingerprint density at radius 2 is 2.00 bits per heavy atom. The Morgan fingerprint density at radius 1 is 1.42 bits per heavy atom. The highest BCUT2D eigenvalue weighted by molar-refractivity contribution is 6.67. The van der Waals surface area contributed by atoms with Gasteiger partial charge in [0.2, 0.25) is 11.8 Å². The van der Waals surface area contributed by atoms with Crippen molar-refractivity contribution < 1.29 is 9.59 Å². The molecule has 1 heterocycles. The molecule has 0 aromatic carbocycles. The molecule has 0 aliphatic carbocycles. The van der Waals surface area contributed by atoms with Crippen LogP contribution in [0.3, 0.4) is 0 Å². The molecule has 1 atom stereocenters. The van der Waals surface area contributed by atoms with E-state index in [4.69, 9.17) is 34.8 Å². The molecule has 68 valence electrons. The van der Waals surface area contributed by atoms with Gasteiger partial charge in [-0.25, -0.2) is 0 Å². The number of carbonyl (C=O) groups is 2. The van der Waals surface area contributed by atoms with E-state index in [1.807, 2.05) is 0 Å². The predicted octanol–water partition coefficient (Wildman–Crippen LogP) is 1.41. The zero-order valence-electron chi connectivity index (χ0n) is 5.94. The highest BCUT2D eigenvalue weighted by atomic mass is 35.6. The van der Waals surface area contributed by atoms with Gasteiger partial charge < -0.3 is 0 Å². The van der Waals surface area contributed by atoms with Crippen molar-refractivity contribution in [1.29, 1.82) is 0 Å². The number of rotatable bonds is 1. The summed E-state index contributed by atoms with van der Waals surface area (Å²) < 4.78 is -1.47. The Kier molecular flexibility index (Phi) is 2.86. The van der Waals surface area contributed by atoms with E-state index in [1.54, 1.807) is 0 Å². The maximum Gasteiger partial charge on any atom is 0.230 e.